The Morgan fingerprint density at radius 2 is 1.52 bits per heavy atom. The number of ether oxygens (including phenoxy) is 1. The van der Waals surface area contributed by atoms with E-state index in [0.29, 0.717) is 0 Å². The maximum absolute atomic E-state index is 5.16. The summed E-state index contributed by atoms with van der Waals surface area (Å²) >= 11 is 0. The molecule has 0 saturated carbocycles. The number of nitrogens with one attached hydrogen (secondary N) is 1. The number of hydrogen-bond donors (Lipinski definition) is 1. The topological polar surface area (TPSA) is 24.5 Å². The van der Waals surface area contributed by atoms with Crippen molar-refractivity contribution in [2.75, 3.05) is 33.1 Å². The van der Waals surface area contributed by atoms with Crippen molar-refractivity contribution in [1.29, 1.82) is 0 Å². The van der Waals surface area contributed by atoms with Gasteiger partial charge >= 0.3 is 0 Å². The molecular formula is C18H24N2O. The first-order valence-corrected chi connectivity index (χ1v) is 7.28. The summed E-state index contributed by atoms with van der Waals surface area (Å²) in [5.41, 5.74) is 3.82. The van der Waals surface area contributed by atoms with Crippen LogP contribution in [0.15, 0.2) is 48.5 Å². The standard InChI is InChI=1S/C18H24N2O/c1-20(2)14-16-4-8-17(9-5-16)19-13-12-15-6-10-18(21-3)11-7-15/h4-11,19H,12-14H2,1-3H3. The number of anilines is 1. The lowest BCUT2D eigenvalue weighted by molar-refractivity contribution is 0.402. The van der Waals surface area contributed by atoms with Crippen LogP contribution >= 0.6 is 0 Å². The fourth-order valence-corrected chi connectivity index (χ4v) is 2.24. The van der Waals surface area contributed by atoms with Crippen molar-refractivity contribution >= 4 is 5.69 Å². The van der Waals surface area contributed by atoms with Gasteiger partial charge in [0.1, 0.15) is 5.75 Å². The molecule has 3 heteroatoms. The molecule has 2 rings (SSSR count). The van der Waals surface area contributed by atoms with E-state index < -0.39 is 0 Å². The molecule has 0 saturated heterocycles. The highest BCUT2D eigenvalue weighted by atomic mass is 16.5. The molecule has 0 spiro atoms. The van der Waals surface area contributed by atoms with Gasteiger partial charge in [0.15, 0.2) is 0 Å². The molecule has 112 valence electrons. The van der Waals surface area contributed by atoms with Gasteiger partial charge in [-0.05, 0) is 55.9 Å². The Bertz CT molecular complexity index is 532. The minimum Gasteiger partial charge on any atom is -0.497 e. The van der Waals surface area contributed by atoms with Crippen LogP contribution in [0.3, 0.4) is 0 Å². The molecule has 0 atom stereocenters. The number of rotatable bonds is 7. The molecule has 0 aliphatic rings. The summed E-state index contributed by atoms with van der Waals surface area (Å²) in [6.07, 6.45) is 1.00. The van der Waals surface area contributed by atoms with E-state index in [1.54, 1.807) is 7.11 Å². The Kier molecular flexibility index (Phi) is 5.64. The zero-order valence-electron chi connectivity index (χ0n) is 13.1. The van der Waals surface area contributed by atoms with Gasteiger partial charge in [-0.3, -0.25) is 0 Å². The molecule has 0 unspecified atom stereocenters. The Labute approximate surface area is 127 Å². The average Bonchev–Trinajstić information content (AvgIpc) is 2.49. The smallest absolute Gasteiger partial charge is 0.118 e. The normalized spacial score (nSPS) is 10.7. The predicted molar refractivity (Wildman–Crippen MR) is 89.0 cm³/mol. The first-order chi connectivity index (χ1) is 10.2. The fraction of sp³-hybridized carbons (Fsp3) is 0.333. The van der Waals surface area contributed by atoms with Gasteiger partial charge in [0.05, 0.1) is 7.11 Å². The molecule has 21 heavy (non-hydrogen) atoms. The van der Waals surface area contributed by atoms with Gasteiger partial charge in [0.25, 0.3) is 0 Å². The van der Waals surface area contributed by atoms with Gasteiger partial charge in [-0.25, -0.2) is 0 Å². The van der Waals surface area contributed by atoms with E-state index in [9.17, 15) is 0 Å². The minimum atomic E-state index is 0.906. The lowest BCUT2D eigenvalue weighted by atomic mass is 10.1. The van der Waals surface area contributed by atoms with Crippen molar-refractivity contribution in [3.63, 3.8) is 0 Å². The highest BCUT2D eigenvalue weighted by Crippen LogP contribution is 2.13. The number of hydrogen-bond acceptors (Lipinski definition) is 3. The highest BCUT2D eigenvalue weighted by molar-refractivity contribution is 5.44. The van der Waals surface area contributed by atoms with Crippen LogP contribution in [0, 0.1) is 0 Å². The summed E-state index contributed by atoms with van der Waals surface area (Å²) in [7, 11) is 5.86. The quantitative estimate of drug-likeness (QED) is 0.843. The van der Waals surface area contributed by atoms with E-state index in [0.717, 1.165) is 25.3 Å². The Balaban J connectivity index is 1.79. The second kappa shape index (κ2) is 7.70. The third-order valence-electron chi connectivity index (χ3n) is 3.35. The molecule has 1 N–H and O–H groups in total. The van der Waals surface area contributed by atoms with E-state index in [4.69, 9.17) is 4.74 Å². The molecule has 2 aromatic rings. The Morgan fingerprint density at radius 3 is 2.10 bits per heavy atom. The number of methoxy groups -OCH3 is 1. The average molecular weight is 284 g/mol. The summed E-state index contributed by atoms with van der Waals surface area (Å²) in [4.78, 5) is 2.17. The summed E-state index contributed by atoms with van der Waals surface area (Å²) in [6, 6.07) is 16.9. The summed E-state index contributed by atoms with van der Waals surface area (Å²) in [5.74, 6) is 0.906. The molecule has 0 aliphatic heterocycles. The van der Waals surface area contributed by atoms with Crippen LogP contribution in [-0.2, 0) is 13.0 Å². The monoisotopic (exact) mass is 284 g/mol. The van der Waals surface area contributed by atoms with Crippen LogP contribution in [-0.4, -0.2) is 32.6 Å². The van der Waals surface area contributed by atoms with Gasteiger partial charge in [-0.15, -0.1) is 0 Å². The first-order valence-electron chi connectivity index (χ1n) is 7.28. The van der Waals surface area contributed by atoms with Gasteiger partial charge in [-0.1, -0.05) is 24.3 Å². The van der Waals surface area contributed by atoms with Crippen molar-refractivity contribution < 1.29 is 4.74 Å². The predicted octanol–water partition coefficient (Wildman–Crippen LogP) is 3.41. The molecular weight excluding hydrogens is 260 g/mol. The second-order valence-electron chi connectivity index (χ2n) is 5.46. The summed E-state index contributed by atoms with van der Waals surface area (Å²) < 4.78 is 5.16. The van der Waals surface area contributed by atoms with Crippen LogP contribution in [0.4, 0.5) is 5.69 Å². The molecule has 2 aromatic carbocycles. The third kappa shape index (κ3) is 5.12. The molecule has 0 fully saturated rings. The summed E-state index contributed by atoms with van der Waals surface area (Å²) in [5, 5.41) is 3.46. The fourth-order valence-electron chi connectivity index (χ4n) is 2.24. The lowest BCUT2D eigenvalue weighted by Gasteiger charge is -2.11. The van der Waals surface area contributed by atoms with E-state index in [2.05, 4.69) is 60.7 Å². The minimum absolute atomic E-state index is 0.906. The van der Waals surface area contributed by atoms with Crippen LogP contribution in [0.1, 0.15) is 11.1 Å². The van der Waals surface area contributed by atoms with E-state index in [1.165, 1.54) is 16.8 Å². The van der Waals surface area contributed by atoms with Crippen molar-refractivity contribution in [2.24, 2.45) is 0 Å². The second-order valence-corrected chi connectivity index (χ2v) is 5.46. The van der Waals surface area contributed by atoms with Gasteiger partial charge in [0.2, 0.25) is 0 Å². The van der Waals surface area contributed by atoms with Crippen LogP contribution in [0.25, 0.3) is 0 Å². The molecule has 0 amide bonds. The van der Waals surface area contributed by atoms with Gasteiger partial charge in [-0.2, -0.15) is 0 Å². The maximum atomic E-state index is 5.16. The van der Waals surface area contributed by atoms with Crippen LogP contribution in [0.2, 0.25) is 0 Å². The molecule has 0 aromatic heterocycles. The maximum Gasteiger partial charge on any atom is 0.118 e. The third-order valence-corrected chi connectivity index (χ3v) is 3.35. The van der Waals surface area contributed by atoms with E-state index in [1.807, 2.05) is 12.1 Å². The molecule has 0 bridgehead atoms. The van der Waals surface area contributed by atoms with Crippen LogP contribution < -0.4 is 10.1 Å². The van der Waals surface area contributed by atoms with E-state index in [-0.39, 0.29) is 0 Å². The number of nitrogens with zero attached hydrogens (tertiary/aromatic N) is 1. The van der Waals surface area contributed by atoms with Crippen molar-refractivity contribution in [3.8, 4) is 5.75 Å². The van der Waals surface area contributed by atoms with Crippen LogP contribution in [0.5, 0.6) is 5.75 Å². The molecule has 0 aliphatic carbocycles. The van der Waals surface area contributed by atoms with E-state index >= 15 is 0 Å². The molecule has 3 nitrogen and oxygen atoms in total. The van der Waals surface area contributed by atoms with Crippen molar-refractivity contribution in [3.05, 3.63) is 59.7 Å². The molecule has 0 heterocycles. The Hall–Kier alpha value is -2.00. The highest BCUT2D eigenvalue weighted by Gasteiger charge is 1.98. The lowest BCUT2D eigenvalue weighted by Crippen LogP contribution is -2.10. The SMILES string of the molecule is COc1ccc(CCNc2ccc(CN(C)C)cc2)cc1. The molecule has 0 radical (unpaired) electrons. The Morgan fingerprint density at radius 1 is 0.905 bits per heavy atom. The van der Waals surface area contributed by atoms with Crippen molar-refractivity contribution in [1.82, 2.24) is 4.90 Å². The largest absolute Gasteiger partial charge is 0.497 e. The summed E-state index contributed by atoms with van der Waals surface area (Å²) in [6.45, 7) is 1.91. The number of benzene rings is 2. The van der Waals surface area contributed by atoms with Crippen molar-refractivity contribution in [2.45, 2.75) is 13.0 Å². The first kappa shape index (κ1) is 15.4. The zero-order valence-corrected chi connectivity index (χ0v) is 13.1. The van der Waals surface area contributed by atoms with Gasteiger partial charge in [0, 0.05) is 18.8 Å². The zero-order chi connectivity index (χ0) is 15.1. The van der Waals surface area contributed by atoms with Gasteiger partial charge < -0.3 is 15.0 Å².